The number of piperidine rings is 1. The molecule has 0 radical (unpaired) electrons. The molecule has 0 bridgehead atoms. The average Bonchev–Trinajstić information content (AvgIpc) is 2.39. The molecule has 1 heterocycles. The van der Waals surface area contributed by atoms with Gasteiger partial charge in [-0.1, -0.05) is 12.1 Å². The number of rotatable bonds is 3. The summed E-state index contributed by atoms with van der Waals surface area (Å²) in [4.78, 5) is 0. The number of benzene rings is 1. The molecule has 17 heavy (non-hydrogen) atoms. The molecule has 1 aromatic rings. The number of nitrogens with two attached hydrogens (primary N) is 1. The van der Waals surface area contributed by atoms with Crippen molar-refractivity contribution < 1.29 is 0 Å². The maximum atomic E-state index is 8.72. The van der Waals surface area contributed by atoms with E-state index in [-0.39, 0.29) is 0 Å². The summed E-state index contributed by atoms with van der Waals surface area (Å²) in [7, 11) is 0. The number of aryl methyl sites for hydroxylation is 1. The van der Waals surface area contributed by atoms with Crippen molar-refractivity contribution in [3.05, 3.63) is 35.4 Å². The van der Waals surface area contributed by atoms with Crippen molar-refractivity contribution in [2.75, 3.05) is 13.1 Å². The van der Waals surface area contributed by atoms with E-state index in [2.05, 4.69) is 18.2 Å². The fraction of sp³-hybridized carbons (Fsp3) is 0.500. The summed E-state index contributed by atoms with van der Waals surface area (Å²) >= 11 is 0. The van der Waals surface area contributed by atoms with E-state index in [4.69, 9.17) is 11.1 Å². The molecule has 3 heteroatoms. The summed E-state index contributed by atoms with van der Waals surface area (Å²) in [6, 6.07) is 10.1. The van der Waals surface area contributed by atoms with Gasteiger partial charge >= 0.3 is 0 Å². The minimum absolute atomic E-state index is 0.741. The smallest absolute Gasteiger partial charge is 0.0991 e. The molecule has 1 aliphatic heterocycles. The van der Waals surface area contributed by atoms with Crippen LogP contribution in [-0.2, 0) is 6.42 Å². The molecule has 2 N–H and O–H groups in total. The second kappa shape index (κ2) is 5.81. The van der Waals surface area contributed by atoms with Crippen LogP contribution in [0, 0.1) is 17.2 Å². The number of nitriles is 1. The lowest BCUT2D eigenvalue weighted by molar-refractivity contribution is 0.182. The van der Waals surface area contributed by atoms with Crippen LogP contribution in [0.5, 0.6) is 0 Å². The lowest BCUT2D eigenvalue weighted by atomic mass is 9.91. The summed E-state index contributed by atoms with van der Waals surface area (Å²) in [5, 5.41) is 10.6. The van der Waals surface area contributed by atoms with Crippen molar-refractivity contribution in [3.63, 3.8) is 0 Å². The lowest BCUT2D eigenvalue weighted by Crippen LogP contribution is -2.38. The first kappa shape index (κ1) is 12.1. The van der Waals surface area contributed by atoms with Crippen molar-refractivity contribution in [3.8, 4) is 6.07 Å². The van der Waals surface area contributed by atoms with Gasteiger partial charge in [0.2, 0.25) is 0 Å². The Kier molecular flexibility index (Phi) is 4.13. The third kappa shape index (κ3) is 3.55. The minimum atomic E-state index is 0.741. The molecular formula is C14H19N3. The van der Waals surface area contributed by atoms with Crippen LogP contribution >= 0.6 is 0 Å². The summed E-state index contributed by atoms with van der Waals surface area (Å²) in [6.45, 7) is 2.05. The fourth-order valence-electron chi connectivity index (χ4n) is 2.36. The second-order valence-electron chi connectivity index (χ2n) is 4.83. The van der Waals surface area contributed by atoms with Gasteiger partial charge in [-0.2, -0.15) is 5.26 Å². The van der Waals surface area contributed by atoms with Crippen LogP contribution in [0.4, 0.5) is 0 Å². The van der Waals surface area contributed by atoms with E-state index in [9.17, 15) is 0 Å². The first-order valence-corrected chi connectivity index (χ1v) is 6.26. The Morgan fingerprint density at radius 3 is 2.47 bits per heavy atom. The van der Waals surface area contributed by atoms with Crippen molar-refractivity contribution in [1.29, 1.82) is 5.26 Å². The quantitative estimate of drug-likeness (QED) is 0.807. The van der Waals surface area contributed by atoms with E-state index < -0.39 is 0 Å². The molecule has 0 atom stereocenters. The Morgan fingerprint density at radius 1 is 1.24 bits per heavy atom. The third-order valence-electron chi connectivity index (χ3n) is 3.57. The van der Waals surface area contributed by atoms with E-state index in [1.807, 2.05) is 17.1 Å². The van der Waals surface area contributed by atoms with Gasteiger partial charge in [0.1, 0.15) is 0 Å². The topological polar surface area (TPSA) is 53.0 Å². The van der Waals surface area contributed by atoms with E-state index >= 15 is 0 Å². The molecule has 0 spiro atoms. The van der Waals surface area contributed by atoms with Crippen LogP contribution in [-0.4, -0.2) is 18.1 Å². The van der Waals surface area contributed by atoms with E-state index in [1.54, 1.807) is 0 Å². The second-order valence-corrected chi connectivity index (χ2v) is 4.83. The molecule has 0 aliphatic carbocycles. The summed E-state index contributed by atoms with van der Waals surface area (Å²) in [5.41, 5.74) is 2.07. The first-order chi connectivity index (χ1) is 8.28. The Bertz CT molecular complexity index is 383. The van der Waals surface area contributed by atoms with Gasteiger partial charge in [-0.3, -0.25) is 5.84 Å². The molecule has 1 saturated heterocycles. The van der Waals surface area contributed by atoms with Crippen LogP contribution in [0.3, 0.4) is 0 Å². The van der Waals surface area contributed by atoms with Gasteiger partial charge < -0.3 is 0 Å². The van der Waals surface area contributed by atoms with Gasteiger partial charge in [-0.25, -0.2) is 5.01 Å². The number of nitrogens with zero attached hydrogens (tertiary/aromatic N) is 2. The lowest BCUT2D eigenvalue weighted by Gasteiger charge is -2.28. The minimum Gasteiger partial charge on any atom is -0.269 e. The molecule has 1 fully saturated rings. The highest BCUT2D eigenvalue weighted by Gasteiger charge is 2.16. The van der Waals surface area contributed by atoms with Gasteiger partial charge in [-0.05, 0) is 49.3 Å². The third-order valence-corrected chi connectivity index (χ3v) is 3.57. The molecule has 2 rings (SSSR count). The highest BCUT2D eigenvalue weighted by molar-refractivity contribution is 5.31. The van der Waals surface area contributed by atoms with Crippen molar-refractivity contribution >= 4 is 0 Å². The number of hydrogen-bond donors (Lipinski definition) is 1. The average molecular weight is 229 g/mol. The van der Waals surface area contributed by atoms with Gasteiger partial charge in [0.15, 0.2) is 0 Å². The van der Waals surface area contributed by atoms with E-state index in [0.29, 0.717) is 0 Å². The summed E-state index contributed by atoms with van der Waals surface area (Å²) in [6.07, 6.45) is 4.78. The Balaban J connectivity index is 1.79. The summed E-state index contributed by atoms with van der Waals surface area (Å²) in [5.74, 6) is 6.55. The molecule has 0 saturated carbocycles. The highest BCUT2D eigenvalue weighted by Crippen LogP contribution is 2.21. The van der Waals surface area contributed by atoms with Crippen LogP contribution < -0.4 is 5.84 Å². The highest BCUT2D eigenvalue weighted by atomic mass is 15.4. The van der Waals surface area contributed by atoms with Crippen LogP contribution in [0.1, 0.15) is 30.4 Å². The van der Waals surface area contributed by atoms with Crippen LogP contribution in [0.25, 0.3) is 0 Å². The van der Waals surface area contributed by atoms with Gasteiger partial charge in [0.25, 0.3) is 0 Å². The maximum Gasteiger partial charge on any atom is 0.0991 e. The fourth-order valence-corrected chi connectivity index (χ4v) is 2.36. The van der Waals surface area contributed by atoms with E-state index in [0.717, 1.165) is 31.0 Å². The zero-order valence-electron chi connectivity index (χ0n) is 10.1. The van der Waals surface area contributed by atoms with Gasteiger partial charge in [0, 0.05) is 13.1 Å². The molecule has 1 aromatic carbocycles. The van der Waals surface area contributed by atoms with Crippen molar-refractivity contribution in [1.82, 2.24) is 5.01 Å². The largest absolute Gasteiger partial charge is 0.269 e. The van der Waals surface area contributed by atoms with Crippen molar-refractivity contribution in [2.24, 2.45) is 11.8 Å². The standard InChI is InChI=1S/C14H19N3/c15-11-14-5-3-12(4-6-14)1-2-13-7-9-17(16)10-8-13/h3-6,13H,1-2,7-10,16H2. The molecule has 0 aromatic heterocycles. The Labute approximate surface area is 103 Å². The molecule has 0 amide bonds. The molecule has 0 unspecified atom stereocenters. The predicted octanol–water partition coefficient (Wildman–Crippen LogP) is 2.08. The summed E-state index contributed by atoms with van der Waals surface area (Å²) < 4.78 is 0. The Hall–Kier alpha value is -1.37. The van der Waals surface area contributed by atoms with Gasteiger partial charge in [0.05, 0.1) is 11.6 Å². The van der Waals surface area contributed by atoms with Gasteiger partial charge in [-0.15, -0.1) is 0 Å². The van der Waals surface area contributed by atoms with Crippen LogP contribution in [0.2, 0.25) is 0 Å². The normalized spacial score (nSPS) is 17.9. The SMILES string of the molecule is N#Cc1ccc(CCC2CCN(N)CC2)cc1. The maximum absolute atomic E-state index is 8.72. The van der Waals surface area contributed by atoms with Crippen molar-refractivity contribution in [2.45, 2.75) is 25.7 Å². The number of hydrogen-bond acceptors (Lipinski definition) is 3. The van der Waals surface area contributed by atoms with Crippen LogP contribution in [0.15, 0.2) is 24.3 Å². The zero-order valence-corrected chi connectivity index (χ0v) is 10.1. The predicted molar refractivity (Wildman–Crippen MR) is 68.0 cm³/mol. The molecule has 1 aliphatic rings. The molecular weight excluding hydrogens is 210 g/mol. The Morgan fingerprint density at radius 2 is 1.88 bits per heavy atom. The number of hydrazine groups is 1. The zero-order chi connectivity index (χ0) is 12.1. The first-order valence-electron chi connectivity index (χ1n) is 6.26. The van der Waals surface area contributed by atoms with E-state index in [1.165, 1.54) is 24.8 Å². The monoisotopic (exact) mass is 229 g/mol. The molecule has 90 valence electrons. The molecule has 3 nitrogen and oxygen atoms in total.